The first-order chi connectivity index (χ1) is 15.7. The molecule has 0 atom stereocenters. The number of hydrogen-bond donors (Lipinski definition) is 0. The van der Waals surface area contributed by atoms with Gasteiger partial charge in [-0.25, -0.2) is 9.78 Å². The van der Waals surface area contributed by atoms with Crippen LogP contribution in [0.4, 0.5) is 0 Å². The Bertz CT molecular complexity index is 1460. The lowest BCUT2D eigenvalue weighted by atomic mass is 10.1. The molecule has 0 unspecified atom stereocenters. The third-order valence-corrected chi connectivity index (χ3v) is 6.04. The van der Waals surface area contributed by atoms with E-state index in [-0.39, 0.29) is 5.97 Å². The molecule has 5 aromatic rings. The standard InChI is InChI=1S/C26H25N3O3/c1-4-28-22-8-6-5-7-19(22)20-15-17(10-12-23(20)28)25-27-21-11-9-18(26(30)32-3)16-24(21)29(25)13-14-31-2/h5-12,15-16H,4,13-14H2,1-3H3. The minimum absolute atomic E-state index is 0.360. The molecule has 5 rings (SSSR count). The number of para-hydroxylation sites is 1. The second-order valence-corrected chi connectivity index (χ2v) is 7.77. The van der Waals surface area contributed by atoms with Crippen molar-refractivity contribution in [3.05, 3.63) is 66.2 Å². The van der Waals surface area contributed by atoms with Crippen molar-refractivity contribution in [2.24, 2.45) is 0 Å². The number of fused-ring (bicyclic) bond motifs is 4. The first kappa shape index (κ1) is 20.3. The van der Waals surface area contributed by atoms with E-state index in [0.717, 1.165) is 29.0 Å². The average molecular weight is 428 g/mol. The van der Waals surface area contributed by atoms with E-state index in [2.05, 4.69) is 58.5 Å². The summed E-state index contributed by atoms with van der Waals surface area (Å²) in [5.74, 6) is 0.496. The topological polar surface area (TPSA) is 58.3 Å². The van der Waals surface area contributed by atoms with Crippen LogP contribution in [-0.4, -0.2) is 40.9 Å². The number of ether oxygens (including phenoxy) is 2. The maximum atomic E-state index is 12.1. The lowest BCUT2D eigenvalue weighted by Crippen LogP contribution is -2.07. The molecule has 0 aliphatic carbocycles. The zero-order valence-electron chi connectivity index (χ0n) is 18.5. The number of rotatable bonds is 6. The van der Waals surface area contributed by atoms with Gasteiger partial charge >= 0.3 is 5.97 Å². The highest BCUT2D eigenvalue weighted by molar-refractivity contribution is 6.09. The van der Waals surface area contributed by atoms with Gasteiger partial charge in [0, 0.05) is 47.6 Å². The van der Waals surface area contributed by atoms with Crippen LogP contribution in [0.25, 0.3) is 44.2 Å². The van der Waals surface area contributed by atoms with Gasteiger partial charge in [-0.3, -0.25) is 0 Å². The van der Waals surface area contributed by atoms with E-state index in [9.17, 15) is 4.79 Å². The number of aryl methyl sites for hydroxylation is 1. The summed E-state index contributed by atoms with van der Waals surface area (Å²) in [7, 11) is 3.08. The Morgan fingerprint density at radius 3 is 2.50 bits per heavy atom. The molecule has 3 aromatic carbocycles. The van der Waals surface area contributed by atoms with Gasteiger partial charge in [0.1, 0.15) is 5.82 Å². The minimum atomic E-state index is -0.360. The van der Waals surface area contributed by atoms with Crippen LogP contribution < -0.4 is 0 Å². The van der Waals surface area contributed by atoms with Crippen LogP contribution in [0.5, 0.6) is 0 Å². The van der Waals surface area contributed by atoms with Gasteiger partial charge in [0.05, 0.1) is 30.3 Å². The quantitative estimate of drug-likeness (QED) is 0.347. The van der Waals surface area contributed by atoms with Crippen molar-refractivity contribution in [2.75, 3.05) is 20.8 Å². The van der Waals surface area contributed by atoms with Crippen LogP contribution in [0.15, 0.2) is 60.7 Å². The minimum Gasteiger partial charge on any atom is -0.465 e. The molecule has 0 N–H and O–H groups in total. The molecular weight excluding hydrogens is 402 g/mol. The molecule has 0 radical (unpaired) electrons. The van der Waals surface area contributed by atoms with Gasteiger partial charge in [-0.1, -0.05) is 18.2 Å². The lowest BCUT2D eigenvalue weighted by molar-refractivity contribution is 0.0601. The summed E-state index contributed by atoms with van der Waals surface area (Å²) in [6.07, 6.45) is 0. The largest absolute Gasteiger partial charge is 0.465 e. The normalized spacial score (nSPS) is 11.6. The molecule has 6 nitrogen and oxygen atoms in total. The van der Waals surface area contributed by atoms with Crippen LogP contribution in [-0.2, 0) is 22.6 Å². The van der Waals surface area contributed by atoms with Crippen molar-refractivity contribution in [1.29, 1.82) is 0 Å². The number of esters is 1. The second-order valence-electron chi connectivity index (χ2n) is 7.77. The van der Waals surface area contributed by atoms with E-state index in [1.807, 2.05) is 12.1 Å². The highest BCUT2D eigenvalue weighted by atomic mass is 16.5. The van der Waals surface area contributed by atoms with Gasteiger partial charge in [-0.05, 0) is 49.4 Å². The number of aromatic nitrogens is 3. The summed E-state index contributed by atoms with van der Waals surface area (Å²) < 4.78 is 14.7. The van der Waals surface area contributed by atoms with Gasteiger partial charge in [0.25, 0.3) is 0 Å². The number of imidazole rings is 1. The third-order valence-electron chi connectivity index (χ3n) is 6.04. The molecule has 0 bridgehead atoms. The van der Waals surface area contributed by atoms with E-state index in [1.165, 1.54) is 28.9 Å². The Morgan fingerprint density at radius 1 is 0.906 bits per heavy atom. The van der Waals surface area contributed by atoms with E-state index in [1.54, 1.807) is 13.2 Å². The molecule has 0 aliphatic rings. The van der Waals surface area contributed by atoms with Crippen molar-refractivity contribution in [1.82, 2.24) is 14.1 Å². The smallest absolute Gasteiger partial charge is 0.337 e. The summed E-state index contributed by atoms with van der Waals surface area (Å²) in [6, 6.07) is 20.5. The Labute approximate surface area is 186 Å². The summed E-state index contributed by atoms with van der Waals surface area (Å²) in [5.41, 5.74) is 5.70. The molecule has 2 heterocycles. The Kier molecular flexibility index (Phi) is 5.15. The first-order valence-corrected chi connectivity index (χ1v) is 10.7. The van der Waals surface area contributed by atoms with Crippen molar-refractivity contribution in [2.45, 2.75) is 20.0 Å². The van der Waals surface area contributed by atoms with Crippen LogP contribution in [0.1, 0.15) is 17.3 Å². The predicted molar refractivity (Wildman–Crippen MR) is 127 cm³/mol. The monoisotopic (exact) mass is 427 g/mol. The van der Waals surface area contributed by atoms with Gasteiger partial charge in [-0.15, -0.1) is 0 Å². The number of methoxy groups -OCH3 is 2. The third kappa shape index (κ3) is 3.15. The SMILES string of the molecule is CCn1c2ccccc2c2cc(-c3nc4ccc(C(=O)OC)cc4n3CCOC)ccc21. The van der Waals surface area contributed by atoms with Gasteiger partial charge in [0.2, 0.25) is 0 Å². The Hall–Kier alpha value is -3.64. The van der Waals surface area contributed by atoms with Crippen LogP contribution in [0, 0.1) is 0 Å². The van der Waals surface area contributed by atoms with E-state index in [0.29, 0.717) is 18.7 Å². The second kappa shape index (κ2) is 8.13. The average Bonchev–Trinajstić information content (AvgIpc) is 3.36. The fraction of sp³-hybridized carbons (Fsp3) is 0.231. The maximum Gasteiger partial charge on any atom is 0.337 e. The molecule has 32 heavy (non-hydrogen) atoms. The highest BCUT2D eigenvalue weighted by Crippen LogP contribution is 2.33. The molecule has 0 aliphatic heterocycles. The number of hydrogen-bond acceptors (Lipinski definition) is 4. The zero-order chi connectivity index (χ0) is 22.2. The first-order valence-electron chi connectivity index (χ1n) is 10.7. The Balaban J connectivity index is 1.74. The summed E-state index contributed by atoms with van der Waals surface area (Å²) >= 11 is 0. The van der Waals surface area contributed by atoms with Crippen molar-refractivity contribution in [3.63, 3.8) is 0 Å². The fourth-order valence-corrected chi connectivity index (χ4v) is 4.53. The molecule has 162 valence electrons. The van der Waals surface area contributed by atoms with E-state index >= 15 is 0 Å². The molecule has 2 aromatic heterocycles. The summed E-state index contributed by atoms with van der Waals surface area (Å²) in [6.45, 7) is 4.24. The zero-order valence-corrected chi connectivity index (χ0v) is 18.5. The van der Waals surface area contributed by atoms with Crippen molar-refractivity contribution >= 4 is 38.8 Å². The van der Waals surface area contributed by atoms with Crippen LogP contribution in [0.3, 0.4) is 0 Å². The molecule has 0 saturated heterocycles. The molecule has 0 saturated carbocycles. The summed E-state index contributed by atoms with van der Waals surface area (Å²) in [4.78, 5) is 17.0. The van der Waals surface area contributed by atoms with Gasteiger partial charge in [0.15, 0.2) is 0 Å². The van der Waals surface area contributed by atoms with Gasteiger partial charge in [-0.2, -0.15) is 0 Å². The maximum absolute atomic E-state index is 12.1. The van der Waals surface area contributed by atoms with Crippen LogP contribution in [0.2, 0.25) is 0 Å². The molecule has 6 heteroatoms. The number of carbonyl (C=O) groups excluding carboxylic acids is 1. The summed E-state index contributed by atoms with van der Waals surface area (Å²) in [5, 5.41) is 2.44. The molecule has 0 amide bonds. The van der Waals surface area contributed by atoms with Gasteiger partial charge < -0.3 is 18.6 Å². The predicted octanol–water partition coefficient (Wildman–Crippen LogP) is 5.26. The van der Waals surface area contributed by atoms with E-state index < -0.39 is 0 Å². The Morgan fingerprint density at radius 2 is 1.72 bits per heavy atom. The fourth-order valence-electron chi connectivity index (χ4n) is 4.53. The molecule has 0 fully saturated rings. The van der Waals surface area contributed by atoms with Crippen LogP contribution >= 0.6 is 0 Å². The molecular formula is C26H25N3O3. The van der Waals surface area contributed by atoms with E-state index in [4.69, 9.17) is 14.5 Å². The van der Waals surface area contributed by atoms with Crippen molar-refractivity contribution < 1.29 is 14.3 Å². The molecule has 0 spiro atoms. The van der Waals surface area contributed by atoms with Crippen molar-refractivity contribution in [3.8, 4) is 11.4 Å². The highest BCUT2D eigenvalue weighted by Gasteiger charge is 2.17. The number of benzene rings is 3. The number of carbonyl (C=O) groups is 1. The number of nitrogens with zero attached hydrogens (tertiary/aromatic N) is 3. The lowest BCUT2D eigenvalue weighted by Gasteiger charge is -2.10.